The van der Waals surface area contributed by atoms with Gasteiger partial charge in [-0.15, -0.1) is 0 Å². The molecule has 3 aromatic rings. The van der Waals surface area contributed by atoms with Crippen molar-refractivity contribution >= 4 is 7.82 Å². The summed E-state index contributed by atoms with van der Waals surface area (Å²) in [6.07, 6.45) is -0.681. The van der Waals surface area contributed by atoms with Crippen molar-refractivity contribution in [3.63, 3.8) is 0 Å². The summed E-state index contributed by atoms with van der Waals surface area (Å²) in [6, 6.07) is 7.76. The van der Waals surface area contributed by atoms with E-state index in [2.05, 4.69) is 14.7 Å². The topological polar surface area (TPSA) is 152 Å². The maximum atomic E-state index is 14.9. The Balaban J connectivity index is 1.56. The van der Waals surface area contributed by atoms with Gasteiger partial charge in [0.1, 0.15) is 5.82 Å². The van der Waals surface area contributed by atoms with Gasteiger partial charge in [-0.1, -0.05) is 42.6 Å². The van der Waals surface area contributed by atoms with Gasteiger partial charge in [0.05, 0.1) is 24.3 Å². The first-order valence-electron chi connectivity index (χ1n) is 12.2. The van der Waals surface area contributed by atoms with Gasteiger partial charge in [-0.25, -0.2) is 8.96 Å². The number of aliphatic hydroxyl groups is 1. The molecule has 0 amide bonds. The Hall–Kier alpha value is -2.67. The fourth-order valence-corrected chi connectivity index (χ4v) is 5.16. The van der Waals surface area contributed by atoms with Crippen LogP contribution in [0.5, 0.6) is 0 Å². The zero-order chi connectivity index (χ0) is 28.4. The number of hydrogen-bond acceptors (Lipinski definition) is 7. The summed E-state index contributed by atoms with van der Waals surface area (Å²) in [4.78, 5) is 21.9. The van der Waals surface area contributed by atoms with Gasteiger partial charge in [-0.05, 0) is 54.5 Å². The van der Waals surface area contributed by atoms with Crippen molar-refractivity contribution < 1.29 is 46.1 Å². The van der Waals surface area contributed by atoms with Gasteiger partial charge in [0.25, 0.3) is 5.89 Å². The predicted molar refractivity (Wildman–Crippen MR) is 132 cm³/mol. The number of nitrogens with zero attached hydrogens (tertiary/aromatic N) is 2. The fourth-order valence-electron chi connectivity index (χ4n) is 4.74. The second-order valence-corrected chi connectivity index (χ2v) is 11.1. The van der Waals surface area contributed by atoms with Crippen LogP contribution in [0.4, 0.5) is 17.6 Å². The van der Waals surface area contributed by atoms with E-state index in [0.717, 1.165) is 31.4 Å². The third-order valence-corrected chi connectivity index (χ3v) is 7.23. The molecule has 9 nitrogen and oxygen atoms in total. The number of aliphatic hydroxyl groups excluding tert-OH is 1. The lowest BCUT2D eigenvalue weighted by Gasteiger charge is -2.27. The van der Waals surface area contributed by atoms with E-state index in [1.165, 1.54) is 24.3 Å². The van der Waals surface area contributed by atoms with Crippen LogP contribution in [0.15, 0.2) is 40.9 Å². The smallest absolute Gasteiger partial charge is 0.394 e. The van der Waals surface area contributed by atoms with Gasteiger partial charge in [-0.3, -0.25) is 4.52 Å². The zero-order valence-electron chi connectivity index (χ0n) is 20.7. The first-order valence-corrected chi connectivity index (χ1v) is 13.7. The number of phosphoric ester groups is 1. The Kier molecular flexibility index (Phi) is 8.60. The van der Waals surface area contributed by atoms with Crippen LogP contribution in [0.25, 0.3) is 22.8 Å². The van der Waals surface area contributed by atoms with E-state index in [0.29, 0.717) is 12.8 Å². The van der Waals surface area contributed by atoms with Crippen molar-refractivity contribution in [2.75, 3.05) is 13.2 Å². The quantitative estimate of drug-likeness (QED) is 0.206. The highest BCUT2D eigenvalue weighted by Gasteiger charge is 2.36. The lowest BCUT2D eigenvalue weighted by atomic mass is 9.81. The Morgan fingerprint density at radius 3 is 2.38 bits per heavy atom. The lowest BCUT2D eigenvalue weighted by Crippen LogP contribution is -2.50. The molecular weight excluding hydrogens is 545 g/mol. The second-order valence-electron chi connectivity index (χ2n) is 9.83. The average molecular weight is 573 g/mol. The number of aromatic nitrogens is 2. The van der Waals surface area contributed by atoms with Crippen molar-refractivity contribution in [1.29, 1.82) is 0 Å². The summed E-state index contributed by atoms with van der Waals surface area (Å²) >= 11 is 0. The SMILES string of the molecule is N[C@@](CO)(COP(=O)(O)O)Cc1ccc(-c2noc(-c3ccc(C4CCCCC4)c(C(F)(F)F)c3)n2)cc1F. The minimum atomic E-state index is -4.86. The molecule has 0 bridgehead atoms. The highest BCUT2D eigenvalue weighted by atomic mass is 31.2. The molecule has 39 heavy (non-hydrogen) atoms. The van der Waals surface area contributed by atoms with Gasteiger partial charge < -0.3 is 25.2 Å². The molecule has 1 aliphatic rings. The standard InChI is InChI=1S/C25H28F4N3O6P/c26-21-11-16(6-7-18(21)12-24(30,13-33)14-37-39(34,35)36)22-31-23(38-32-22)17-8-9-19(15-4-2-1-3-5-15)20(10-17)25(27,28)29/h6-11,15,33H,1-5,12-14,30H2,(H2,34,35,36)/t24-/m0/s1. The fraction of sp³-hybridized carbons (Fsp3) is 0.440. The van der Waals surface area contributed by atoms with Gasteiger partial charge in [0, 0.05) is 11.1 Å². The van der Waals surface area contributed by atoms with Crippen molar-refractivity contribution in [2.45, 2.75) is 56.2 Å². The van der Waals surface area contributed by atoms with Crippen molar-refractivity contribution in [3.8, 4) is 22.8 Å². The van der Waals surface area contributed by atoms with Crippen LogP contribution in [-0.2, 0) is 21.7 Å². The summed E-state index contributed by atoms with van der Waals surface area (Å²) < 4.78 is 77.2. The average Bonchev–Trinajstić information content (AvgIpc) is 3.38. The molecule has 212 valence electrons. The largest absolute Gasteiger partial charge is 0.469 e. The number of nitrogens with two attached hydrogens (primary N) is 1. The maximum Gasteiger partial charge on any atom is 0.469 e. The first kappa shape index (κ1) is 29.3. The molecule has 0 aliphatic heterocycles. The summed E-state index contributed by atoms with van der Waals surface area (Å²) in [6.45, 7) is -1.48. The minimum Gasteiger partial charge on any atom is -0.394 e. The lowest BCUT2D eigenvalue weighted by molar-refractivity contribution is -0.138. The van der Waals surface area contributed by atoms with Crippen LogP contribution < -0.4 is 5.73 Å². The second kappa shape index (κ2) is 11.4. The van der Waals surface area contributed by atoms with E-state index < -0.39 is 44.1 Å². The predicted octanol–water partition coefficient (Wildman–Crippen LogP) is 4.95. The number of hydrogen-bond donors (Lipinski definition) is 4. The Bertz CT molecular complexity index is 1360. The minimum absolute atomic E-state index is 0.0152. The Morgan fingerprint density at radius 2 is 1.77 bits per heavy atom. The highest BCUT2D eigenvalue weighted by Crippen LogP contribution is 2.42. The molecule has 2 aromatic carbocycles. The molecule has 1 fully saturated rings. The zero-order valence-corrected chi connectivity index (χ0v) is 21.6. The third kappa shape index (κ3) is 7.30. The van der Waals surface area contributed by atoms with E-state index in [1.807, 2.05) is 0 Å². The molecule has 1 aromatic heterocycles. The third-order valence-electron chi connectivity index (χ3n) is 6.77. The molecule has 0 radical (unpaired) electrons. The van der Waals surface area contributed by atoms with E-state index in [-0.39, 0.29) is 46.3 Å². The van der Waals surface area contributed by atoms with Crippen LogP contribution in [0.1, 0.15) is 54.7 Å². The number of benzene rings is 2. The molecule has 1 heterocycles. The van der Waals surface area contributed by atoms with Gasteiger partial charge >= 0.3 is 14.0 Å². The molecule has 0 saturated heterocycles. The van der Waals surface area contributed by atoms with Crippen molar-refractivity contribution in [3.05, 3.63) is 58.9 Å². The first-order chi connectivity index (χ1) is 18.3. The number of alkyl halides is 3. The van der Waals surface area contributed by atoms with E-state index >= 15 is 0 Å². The van der Waals surface area contributed by atoms with Crippen LogP contribution >= 0.6 is 7.82 Å². The van der Waals surface area contributed by atoms with Crippen LogP contribution in [0.2, 0.25) is 0 Å². The van der Waals surface area contributed by atoms with Crippen LogP contribution in [0, 0.1) is 5.82 Å². The number of halogens is 4. The van der Waals surface area contributed by atoms with Crippen molar-refractivity contribution in [2.24, 2.45) is 5.73 Å². The highest BCUT2D eigenvalue weighted by molar-refractivity contribution is 7.46. The Labute approximate surface area is 221 Å². The van der Waals surface area contributed by atoms with E-state index in [9.17, 15) is 27.2 Å². The molecule has 14 heteroatoms. The van der Waals surface area contributed by atoms with Gasteiger partial charge in [0.2, 0.25) is 5.82 Å². The molecule has 0 unspecified atom stereocenters. The molecule has 0 spiro atoms. The molecule has 1 atom stereocenters. The van der Waals surface area contributed by atoms with Crippen LogP contribution in [0.3, 0.4) is 0 Å². The van der Waals surface area contributed by atoms with E-state index in [1.54, 1.807) is 0 Å². The molecule has 1 saturated carbocycles. The molecule has 1 aliphatic carbocycles. The molecule has 4 rings (SSSR count). The van der Waals surface area contributed by atoms with E-state index in [4.69, 9.17) is 20.0 Å². The summed E-state index contributed by atoms with van der Waals surface area (Å²) in [7, 11) is -4.86. The summed E-state index contributed by atoms with van der Waals surface area (Å²) in [5, 5.41) is 13.3. The number of rotatable bonds is 9. The summed E-state index contributed by atoms with van der Waals surface area (Å²) in [5.74, 6) is -1.17. The monoisotopic (exact) mass is 573 g/mol. The maximum absolute atomic E-state index is 14.9. The van der Waals surface area contributed by atoms with Gasteiger partial charge in [0.15, 0.2) is 0 Å². The normalized spacial score (nSPS) is 16.8. The van der Waals surface area contributed by atoms with Crippen LogP contribution in [-0.4, -0.2) is 43.8 Å². The Morgan fingerprint density at radius 1 is 1.08 bits per heavy atom. The van der Waals surface area contributed by atoms with Crippen molar-refractivity contribution in [1.82, 2.24) is 10.1 Å². The molecule has 5 N–H and O–H groups in total. The van der Waals surface area contributed by atoms with Gasteiger partial charge in [-0.2, -0.15) is 18.2 Å². The molecular formula is C25H28F4N3O6P. The summed E-state index contributed by atoms with van der Waals surface area (Å²) in [5.41, 5.74) is 4.02. The number of phosphoric acid groups is 1.